The fraction of sp³-hybridized carbons (Fsp3) is 0.643. The van der Waals surface area contributed by atoms with Gasteiger partial charge in [0.15, 0.2) is 0 Å². The summed E-state index contributed by atoms with van der Waals surface area (Å²) in [5.74, 6) is 0.798. The number of rotatable bonds is 1. The zero-order valence-corrected chi connectivity index (χ0v) is 11.4. The highest BCUT2D eigenvalue weighted by atomic mass is 16.2. The first-order valence-electron chi connectivity index (χ1n) is 7.12. The Kier molecular flexibility index (Phi) is 3.36. The molecular weight excluding hydrogens is 240 g/mol. The Morgan fingerprint density at radius 2 is 2.00 bits per heavy atom. The number of aromatic nitrogens is 2. The minimum Gasteiger partial charge on any atom is -0.354 e. The van der Waals surface area contributed by atoms with Gasteiger partial charge in [-0.1, -0.05) is 0 Å². The molecule has 2 heterocycles. The van der Waals surface area contributed by atoms with Crippen LogP contribution in [0.4, 0.5) is 5.95 Å². The molecule has 0 atom stereocenters. The van der Waals surface area contributed by atoms with Crippen molar-refractivity contribution in [2.24, 2.45) is 0 Å². The topological polar surface area (TPSA) is 58.1 Å². The molecule has 0 radical (unpaired) electrons. The number of carbonyl (C=O) groups excluding carboxylic acids is 1. The molecule has 1 aromatic rings. The molecule has 1 amide bonds. The van der Waals surface area contributed by atoms with E-state index in [1.54, 1.807) is 0 Å². The molecule has 1 saturated heterocycles. The van der Waals surface area contributed by atoms with Crippen molar-refractivity contribution in [2.75, 3.05) is 24.5 Å². The Bertz CT molecular complexity index is 500. The molecule has 5 heteroatoms. The fourth-order valence-corrected chi connectivity index (χ4v) is 2.88. The van der Waals surface area contributed by atoms with Crippen LogP contribution >= 0.6 is 0 Å². The second-order valence-electron chi connectivity index (χ2n) is 5.37. The van der Waals surface area contributed by atoms with Crippen LogP contribution in [0.1, 0.15) is 36.2 Å². The number of nitrogens with zero attached hydrogens (tertiary/aromatic N) is 3. The molecule has 3 rings (SSSR count). The molecule has 1 aliphatic heterocycles. The van der Waals surface area contributed by atoms with E-state index >= 15 is 0 Å². The number of amides is 1. The van der Waals surface area contributed by atoms with Crippen molar-refractivity contribution in [1.82, 2.24) is 15.3 Å². The van der Waals surface area contributed by atoms with Gasteiger partial charge in [0.1, 0.15) is 0 Å². The van der Waals surface area contributed by atoms with Crippen LogP contribution in [0.15, 0.2) is 0 Å². The number of nitrogens with one attached hydrogen (secondary N) is 1. The summed E-state index contributed by atoms with van der Waals surface area (Å²) in [5, 5.41) is 2.89. The summed E-state index contributed by atoms with van der Waals surface area (Å²) < 4.78 is 0. The summed E-state index contributed by atoms with van der Waals surface area (Å²) in [5.41, 5.74) is 3.61. The molecule has 0 bridgehead atoms. The van der Waals surface area contributed by atoms with E-state index in [2.05, 4.69) is 17.2 Å². The summed E-state index contributed by atoms with van der Waals surface area (Å²) >= 11 is 0. The molecule has 0 unspecified atom stereocenters. The van der Waals surface area contributed by atoms with Crippen LogP contribution < -0.4 is 10.2 Å². The lowest BCUT2D eigenvalue weighted by Gasteiger charge is -2.23. The molecule has 1 fully saturated rings. The highest BCUT2D eigenvalue weighted by molar-refractivity contribution is 5.81. The fourth-order valence-electron chi connectivity index (χ4n) is 2.88. The number of anilines is 1. The van der Waals surface area contributed by atoms with E-state index in [0.29, 0.717) is 6.54 Å². The maximum Gasteiger partial charge on any atom is 0.239 e. The summed E-state index contributed by atoms with van der Waals surface area (Å²) in [6.07, 6.45) is 5.55. The number of carbonyl (C=O) groups is 1. The molecule has 5 nitrogen and oxygen atoms in total. The third kappa shape index (κ3) is 2.55. The highest BCUT2D eigenvalue weighted by Crippen LogP contribution is 2.24. The highest BCUT2D eigenvalue weighted by Gasteiger charge is 2.21. The maximum absolute atomic E-state index is 11.6. The van der Waals surface area contributed by atoms with Gasteiger partial charge in [-0.25, -0.2) is 9.97 Å². The van der Waals surface area contributed by atoms with Gasteiger partial charge in [-0.2, -0.15) is 0 Å². The van der Waals surface area contributed by atoms with Crippen molar-refractivity contribution in [1.29, 1.82) is 0 Å². The average molecular weight is 260 g/mol. The minimum absolute atomic E-state index is 0.0662. The minimum atomic E-state index is 0.0662. The van der Waals surface area contributed by atoms with E-state index in [9.17, 15) is 4.79 Å². The van der Waals surface area contributed by atoms with E-state index in [-0.39, 0.29) is 5.91 Å². The maximum atomic E-state index is 11.6. The van der Waals surface area contributed by atoms with Gasteiger partial charge in [-0.3, -0.25) is 4.79 Å². The largest absolute Gasteiger partial charge is 0.354 e. The van der Waals surface area contributed by atoms with E-state index in [1.165, 1.54) is 24.1 Å². The lowest BCUT2D eigenvalue weighted by atomic mass is 9.95. The van der Waals surface area contributed by atoms with Gasteiger partial charge < -0.3 is 10.2 Å². The molecule has 1 aromatic heterocycles. The smallest absolute Gasteiger partial charge is 0.239 e. The van der Waals surface area contributed by atoms with E-state index in [0.717, 1.165) is 44.0 Å². The standard InChI is InChI=1S/C14H20N4O/c1-10-11-5-2-3-6-12(11)17-14(16-10)18-8-4-7-15-13(19)9-18/h2-9H2,1H3,(H,15,19). The van der Waals surface area contributed by atoms with Crippen molar-refractivity contribution < 1.29 is 4.79 Å². The first kappa shape index (κ1) is 12.4. The zero-order valence-electron chi connectivity index (χ0n) is 11.4. The van der Waals surface area contributed by atoms with Gasteiger partial charge in [0.05, 0.1) is 6.54 Å². The number of fused-ring (bicyclic) bond motifs is 1. The lowest BCUT2D eigenvalue weighted by molar-refractivity contribution is -0.119. The van der Waals surface area contributed by atoms with Crippen LogP contribution in [-0.2, 0) is 17.6 Å². The van der Waals surface area contributed by atoms with Gasteiger partial charge in [-0.05, 0) is 44.6 Å². The van der Waals surface area contributed by atoms with Gasteiger partial charge in [0.25, 0.3) is 0 Å². The monoisotopic (exact) mass is 260 g/mol. The van der Waals surface area contributed by atoms with Gasteiger partial charge >= 0.3 is 0 Å². The third-order valence-corrected chi connectivity index (χ3v) is 3.92. The SMILES string of the molecule is Cc1nc(N2CCCNC(=O)C2)nc2c1CCCC2. The molecular formula is C14H20N4O. The van der Waals surface area contributed by atoms with Crippen LogP contribution in [0.5, 0.6) is 0 Å². The quantitative estimate of drug-likeness (QED) is 0.818. The predicted octanol–water partition coefficient (Wildman–Crippen LogP) is 0.990. The number of hydrogen-bond donors (Lipinski definition) is 1. The molecule has 1 N–H and O–H groups in total. The second kappa shape index (κ2) is 5.15. The van der Waals surface area contributed by atoms with Crippen LogP contribution in [0.25, 0.3) is 0 Å². The van der Waals surface area contributed by atoms with Crippen molar-refractivity contribution in [3.63, 3.8) is 0 Å². The van der Waals surface area contributed by atoms with Gasteiger partial charge in [0.2, 0.25) is 11.9 Å². The van der Waals surface area contributed by atoms with E-state index in [4.69, 9.17) is 4.98 Å². The Labute approximate surface area is 113 Å². The van der Waals surface area contributed by atoms with Gasteiger partial charge in [0, 0.05) is 24.5 Å². The Hall–Kier alpha value is -1.65. The van der Waals surface area contributed by atoms with E-state index < -0.39 is 0 Å². The van der Waals surface area contributed by atoms with Crippen molar-refractivity contribution >= 4 is 11.9 Å². The number of hydrogen-bond acceptors (Lipinski definition) is 4. The molecule has 102 valence electrons. The van der Waals surface area contributed by atoms with Crippen LogP contribution in [0.3, 0.4) is 0 Å². The summed E-state index contributed by atoms with van der Waals surface area (Å²) in [7, 11) is 0. The second-order valence-corrected chi connectivity index (χ2v) is 5.37. The molecule has 1 aliphatic carbocycles. The third-order valence-electron chi connectivity index (χ3n) is 3.92. The average Bonchev–Trinajstić information content (AvgIpc) is 2.63. The summed E-state index contributed by atoms with van der Waals surface area (Å²) in [6.45, 7) is 4.03. The normalized spacial score (nSPS) is 19.6. The van der Waals surface area contributed by atoms with Crippen molar-refractivity contribution in [3.8, 4) is 0 Å². The van der Waals surface area contributed by atoms with Crippen LogP contribution in [-0.4, -0.2) is 35.5 Å². The summed E-state index contributed by atoms with van der Waals surface area (Å²) in [4.78, 5) is 23.0. The summed E-state index contributed by atoms with van der Waals surface area (Å²) in [6, 6.07) is 0. The Balaban J connectivity index is 1.91. The van der Waals surface area contributed by atoms with E-state index in [1.807, 2.05) is 4.90 Å². The van der Waals surface area contributed by atoms with Gasteiger partial charge in [-0.15, -0.1) is 0 Å². The molecule has 0 saturated carbocycles. The Morgan fingerprint density at radius 3 is 2.89 bits per heavy atom. The zero-order chi connectivity index (χ0) is 13.2. The van der Waals surface area contributed by atoms with Crippen molar-refractivity contribution in [3.05, 3.63) is 17.0 Å². The van der Waals surface area contributed by atoms with Crippen LogP contribution in [0, 0.1) is 6.92 Å². The molecule has 2 aliphatic rings. The predicted molar refractivity (Wildman–Crippen MR) is 73.3 cm³/mol. The number of aryl methyl sites for hydroxylation is 2. The first-order valence-corrected chi connectivity index (χ1v) is 7.12. The molecule has 0 aromatic carbocycles. The van der Waals surface area contributed by atoms with Crippen LogP contribution in [0.2, 0.25) is 0 Å². The van der Waals surface area contributed by atoms with Crippen molar-refractivity contribution in [2.45, 2.75) is 39.0 Å². The molecule has 19 heavy (non-hydrogen) atoms. The molecule has 0 spiro atoms. The first-order chi connectivity index (χ1) is 9.24. The lowest BCUT2D eigenvalue weighted by Crippen LogP contribution is -2.34. The Morgan fingerprint density at radius 1 is 1.16 bits per heavy atom.